The van der Waals surface area contributed by atoms with E-state index in [-0.39, 0.29) is 17.5 Å². The predicted molar refractivity (Wildman–Crippen MR) is 75.1 cm³/mol. The van der Waals surface area contributed by atoms with Gasteiger partial charge in [0.25, 0.3) is 0 Å². The Bertz CT molecular complexity index is 736. The number of carbonyl (C=O) groups is 2. The van der Waals surface area contributed by atoms with Gasteiger partial charge < -0.3 is 14.7 Å². The minimum Gasteiger partial charge on any atom is -0.481 e. The van der Waals surface area contributed by atoms with Gasteiger partial charge in [-0.2, -0.15) is 0 Å². The van der Waals surface area contributed by atoms with Crippen LogP contribution in [0.5, 0.6) is 0 Å². The van der Waals surface area contributed by atoms with Crippen LogP contribution < -0.4 is 4.90 Å². The first-order valence-corrected chi connectivity index (χ1v) is 7.17. The number of aliphatic carboxylic acids is 1. The lowest BCUT2D eigenvalue weighted by Gasteiger charge is -2.21. The summed E-state index contributed by atoms with van der Waals surface area (Å²) in [6, 6.07) is 4.07. The highest BCUT2D eigenvalue weighted by molar-refractivity contribution is 6.30. The van der Waals surface area contributed by atoms with E-state index in [2.05, 4.69) is 0 Å². The van der Waals surface area contributed by atoms with Crippen LogP contribution in [0.1, 0.15) is 0 Å². The number of carboxylic acid groups (broad SMARTS) is 1. The molecule has 2 unspecified atom stereocenters. The third-order valence-electron chi connectivity index (χ3n) is 4.60. The smallest absolute Gasteiger partial charge is 0.310 e. The van der Waals surface area contributed by atoms with Crippen molar-refractivity contribution in [2.75, 3.05) is 11.4 Å². The fourth-order valence-corrected chi connectivity index (χ4v) is 3.77. The minimum absolute atomic E-state index is 0.0331. The number of amides is 1. The van der Waals surface area contributed by atoms with Crippen molar-refractivity contribution in [3.8, 4) is 0 Å². The molecule has 2 bridgehead atoms. The van der Waals surface area contributed by atoms with Crippen molar-refractivity contribution in [1.29, 1.82) is 0 Å². The maximum Gasteiger partial charge on any atom is 0.310 e. The first-order valence-electron chi connectivity index (χ1n) is 6.79. The summed E-state index contributed by atoms with van der Waals surface area (Å²) >= 11 is 5.65. The third kappa shape index (κ3) is 1.62. The lowest BCUT2D eigenvalue weighted by atomic mass is 9.77. The van der Waals surface area contributed by atoms with Crippen LogP contribution in [0, 0.1) is 17.7 Å². The predicted octanol–water partition coefficient (Wildman–Crippen LogP) is 1.85. The standard InChI is InChI=1S/C15H11ClFNO4/c16-8-2-1-7(5-9(8)17)18-6-15-4-3-10(22-15)11(14(20)21)12(15)13(18)19/h1-5,10-12H,6H2,(H,20,21)/t10-,11?,12-,15?/m1/s1. The van der Waals surface area contributed by atoms with Gasteiger partial charge >= 0.3 is 5.97 Å². The second kappa shape index (κ2) is 4.30. The van der Waals surface area contributed by atoms with E-state index in [0.717, 1.165) is 0 Å². The maximum absolute atomic E-state index is 13.6. The van der Waals surface area contributed by atoms with Crippen LogP contribution in [0.25, 0.3) is 0 Å². The van der Waals surface area contributed by atoms with Crippen molar-refractivity contribution < 1.29 is 23.8 Å². The molecule has 1 N–H and O–H groups in total. The van der Waals surface area contributed by atoms with Crippen molar-refractivity contribution >= 4 is 29.2 Å². The molecule has 4 rings (SSSR count). The number of hydrogen-bond acceptors (Lipinski definition) is 3. The van der Waals surface area contributed by atoms with Crippen LogP contribution >= 0.6 is 11.6 Å². The molecule has 0 saturated carbocycles. The number of halogens is 2. The molecule has 1 aromatic rings. The normalized spacial score (nSPS) is 35.3. The highest BCUT2D eigenvalue weighted by Gasteiger charge is 2.67. The number of nitrogens with zero attached hydrogens (tertiary/aromatic N) is 1. The summed E-state index contributed by atoms with van der Waals surface area (Å²) in [6.07, 6.45) is 2.87. The van der Waals surface area contributed by atoms with E-state index in [1.54, 1.807) is 12.2 Å². The zero-order valence-electron chi connectivity index (χ0n) is 11.2. The van der Waals surface area contributed by atoms with Gasteiger partial charge in [0.15, 0.2) is 0 Å². The number of carbonyl (C=O) groups excluding carboxylic acids is 1. The largest absolute Gasteiger partial charge is 0.481 e. The summed E-state index contributed by atoms with van der Waals surface area (Å²) in [5.74, 6) is -3.73. The van der Waals surface area contributed by atoms with E-state index in [0.29, 0.717) is 5.69 Å². The monoisotopic (exact) mass is 323 g/mol. The van der Waals surface area contributed by atoms with Crippen molar-refractivity contribution in [2.45, 2.75) is 11.7 Å². The average molecular weight is 324 g/mol. The highest BCUT2D eigenvalue weighted by Crippen LogP contribution is 2.52. The molecule has 7 heteroatoms. The number of ether oxygens (including phenoxy) is 1. The summed E-state index contributed by atoms with van der Waals surface area (Å²) in [5.41, 5.74) is -0.582. The number of carboxylic acids is 1. The first kappa shape index (κ1) is 13.7. The Morgan fingerprint density at radius 1 is 1.50 bits per heavy atom. The van der Waals surface area contributed by atoms with Crippen LogP contribution in [0.3, 0.4) is 0 Å². The zero-order valence-corrected chi connectivity index (χ0v) is 12.0. The Morgan fingerprint density at radius 2 is 2.27 bits per heavy atom. The molecule has 1 aromatic carbocycles. The molecule has 0 aromatic heterocycles. The van der Waals surface area contributed by atoms with Crippen LogP contribution in [-0.2, 0) is 14.3 Å². The molecule has 5 nitrogen and oxygen atoms in total. The Morgan fingerprint density at radius 3 is 2.95 bits per heavy atom. The van der Waals surface area contributed by atoms with Crippen molar-refractivity contribution in [1.82, 2.24) is 0 Å². The molecule has 0 radical (unpaired) electrons. The van der Waals surface area contributed by atoms with Crippen LogP contribution in [0.4, 0.5) is 10.1 Å². The SMILES string of the molecule is O=C(O)C1[C@H]2C=CC3(CN(c4ccc(Cl)c(F)c4)C(=O)[C@@H]13)O2. The summed E-state index contributed by atoms with van der Waals surface area (Å²) in [6.45, 7) is 0.175. The van der Waals surface area contributed by atoms with Crippen LogP contribution in [0.15, 0.2) is 30.4 Å². The number of fused-ring (bicyclic) bond motifs is 1. The highest BCUT2D eigenvalue weighted by atomic mass is 35.5. The lowest BCUT2D eigenvalue weighted by molar-refractivity contribution is -0.146. The number of rotatable bonds is 2. The van der Waals surface area contributed by atoms with Gasteiger partial charge in [0.05, 0.1) is 23.6 Å². The van der Waals surface area contributed by atoms with E-state index in [1.165, 1.54) is 23.1 Å². The van der Waals surface area contributed by atoms with E-state index in [4.69, 9.17) is 16.3 Å². The Hall–Kier alpha value is -1.92. The number of benzene rings is 1. The second-order valence-electron chi connectivity index (χ2n) is 5.76. The van der Waals surface area contributed by atoms with Crippen molar-refractivity contribution in [3.63, 3.8) is 0 Å². The van der Waals surface area contributed by atoms with Gasteiger partial charge in [-0.05, 0) is 18.2 Å². The summed E-state index contributed by atoms with van der Waals surface area (Å²) < 4.78 is 19.4. The molecule has 3 aliphatic heterocycles. The van der Waals surface area contributed by atoms with Gasteiger partial charge in [-0.25, -0.2) is 4.39 Å². The van der Waals surface area contributed by atoms with Crippen molar-refractivity contribution in [2.24, 2.45) is 11.8 Å². The Balaban J connectivity index is 1.74. The van der Waals surface area contributed by atoms with Gasteiger partial charge in [-0.15, -0.1) is 0 Å². The maximum atomic E-state index is 13.6. The fourth-order valence-electron chi connectivity index (χ4n) is 3.65. The molecule has 3 aliphatic rings. The van der Waals surface area contributed by atoms with Gasteiger partial charge in [-0.1, -0.05) is 23.8 Å². The summed E-state index contributed by atoms with van der Waals surface area (Å²) in [4.78, 5) is 25.5. The van der Waals surface area contributed by atoms with E-state index >= 15 is 0 Å². The summed E-state index contributed by atoms with van der Waals surface area (Å²) in [7, 11) is 0. The number of hydrogen-bond donors (Lipinski definition) is 1. The number of anilines is 1. The molecule has 114 valence electrons. The van der Waals surface area contributed by atoms with Crippen molar-refractivity contribution in [3.05, 3.63) is 41.2 Å². The molecule has 3 heterocycles. The van der Waals surface area contributed by atoms with E-state index < -0.39 is 35.3 Å². The molecular weight excluding hydrogens is 313 g/mol. The third-order valence-corrected chi connectivity index (χ3v) is 4.91. The molecule has 0 aliphatic carbocycles. The summed E-state index contributed by atoms with van der Waals surface area (Å²) in [5, 5.41) is 9.34. The second-order valence-corrected chi connectivity index (χ2v) is 6.17. The quantitative estimate of drug-likeness (QED) is 0.844. The molecular formula is C15H11ClFNO4. The van der Waals surface area contributed by atoms with Gasteiger partial charge in [-0.3, -0.25) is 9.59 Å². The fraction of sp³-hybridized carbons (Fsp3) is 0.333. The molecule has 1 amide bonds. The zero-order chi connectivity index (χ0) is 15.6. The van der Waals surface area contributed by atoms with E-state index in [1.807, 2.05) is 0 Å². The van der Waals surface area contributed by atoms with Gasteiger partial charge in [0.1, 0.15) is 17.3 Å². The average Bonchev–Trinajstić information content (AvgIpc) is 3.10. The molecule has 22 heavy (non-hydrogen) atoms. The van der Waals surface area contributed by atoms with E-state index in [9.17, 15) is 19.1 Å². The Labute approximate surface area is 129 Å². The molecule has 1 spiro atoms. The van der Waals surface area contributed by atoms with Crippen LogP contribution in [0.2, 0.25) is 5.02 Å². The minimum atomic E-state index is -1.06. The lowest BCUT2D eigenvalue weighted by Crippen LogP contribution is -2.39. The van der Waals surface area contributed by atoms with Crippen LogP contribution in [-0.4, -0.2) is 35.2 Å². The van der Waals surface area contributed by atoms with Gasteiger partial charge in [0.2, 0.25) is 5.91 Å². The topological polar surface area (TPSA) is 66.8 Å². The van der Waals surface area contributed by atoms with Gasteiger partial charge in [0, 0.05) is 5.69 Å². The molecule has 4 atom stereocenters. The Kier molecular flexibility index (Phi) is 2.68. The molecule has 2 fully saturated rings. The molecule has 2 saturated heterocycles. The first-order chi connectivity index (χ1) is 10.4.